The summed E-state index contributed by atoms with van der Waals surface area (Å²) in [6.07, 6.45) is 0. The maximum atomic E-state index is 5.94. The molecule has 202 valence electrons. The normalized spacial score (nSPS) is 14.3. The predicted molar refractivity (Wildman–Crippen MR) is 153 cm³/mol. The van der Waals surface area contributed by atoms with Gasteiger partial charge in [0.05, 0.1) is 51.6 Å². The minimum atomic E-state index is -0.0747. The number of thioether (sulfide) groups is 1. The van der Waals surface area contributed by atoms with Gasteiger partial charge < -0.3 is 28.4 Å². The smallest absolute Gasteiger partial charge is 0.162 e. The predicted octanol–water partition coefficient (Wildman–Crippen LogP) is 7.21. The van der Waals surface area contributed by atoms with Crippen LogP contribution >= 0.6 is 11.8 Å². The molecular formula is C30H35NO6S. The van der Waals surface area contributed by atoms with E-state index in [0.717, 1.165) is 44.7 Å². The average molecular weight is 538 g/mol. The number of benzene rings is 3. The van der Waals surface area contributed by atoms with Gasteiger partial charge in [0.1, 0.15) is 5.04 Å². The van der Waals surface area contributed by atoms with Gasteiger partial charge in [0.15, 0.2) is 34.5 Å². The molecule has 0 saturated carbocycles. The van der Waals surface area contributed by atoms with E-state index in [0.29, 0.717) is 43.7 Å². The van der Waals surface area contributed by atoms with Crippen molar-refractivity contribution >= 4 is 22.5 Å². The maximum absolute atomic E-state index is 5.94. The third kappa shape index (κ3) is 5.80. The van der Waals surface area contributed by atoms with Crippen molar-refractivity contribution < 1.29 is 28.4 Å². The number of rotatable bonds is 12. The number of hydrogen-bond donors (Lipinski definition) is 0. The molecule has 38 heavy (non-hydrogen) atoms. The molecule has 0 fully saturated rings. The summed E-state index contributed by atoms with van der Waals surface area (Å²) in [6.45, 7) is 10.1. The van der Waals surface area contributed by atoms with Crippen LogP contribution in [0.5, 0.6) is 34.5 Å². The molecule has 0 aliphatic carbocycles. The van der Waals surface area contributed by atoms with Crippen molar-refractivity contribution in [3.05, 3.63) is 65.2 Å². The lowest BCUT2D eigenvalue weighted by atomic mass is 10.0. The SMILES string of the molecule is CCOc1ccc(C2=Nc3cc(OC)c(OC)cc3C(c3ccc(OCC)c(OCC)c3)S2)cc1OCC. The van der Waals surface area contributed by atoms with Gasteiger partial charge in [-0.1, -0.05) is 17.8 Å². The molecule has 1 aliphatic rings. The molecule has 4 rings (SSSR count). The highest BCUT2D eigenvalue weighted by Crippen LogP contribution is 2.51. The van der Waals surface area contributed by atoms with Gasteiger partial charge in [0.2, 0.25) is 0 Å². The number of ether oxygens (including phenoxy) is 6. The van der Waals surface area contributed by atoms with Crippen LogP contribution in [-0.4, -0.2) is 45.7 Å². The van der Waals surface area contributed by atoms with Crippen molar-refractivity contribution in [1.82, 2.24) is 0 Å². The topological polar surface area (TPSA) is 67.7 Å². The molecule has 1 atom stereocenters. The quantitative estimate of drug-likeness (QED) is 0.242. The van der Waals surface area contributed by atoms with E-state index < -0.39 is 0 Å². The van der Waals surface area contributed by atoms with Gasteiger partial charge in [-0.25, -0.2) is 4.99 Å². The highest BCUT2D eigenvalue weighted by Gasteiger charge is 2.29. The molecule has 1 aliphatic heterocycles. The van der Waals surface area contributed by atoms with Crippen LogP contribution in [0.25, 0.3) is 0 Å². The van der Waals surface area contributed by atoms with Gasteiger partial charge >= 0.3 is 0 Å². The number of hydrogen-bond acceptors (Lipinski definition) is 8. The first-order valence-corrected chi connectivity index (χ1v) is 13.7. The molecule has 0 aromatic heterocycles. The largest absolute Gasteiger partial charge is 0.493 e. The van der Waals surface area contributed by atoms with E-state index in [1.165, 1.54) is 0 Å². The van der Waals surface area contributed by atoms with Crippen molar-refractivity contribution in [3.8, 4) is 34.5 Å². The first-order chi connectivity index (χ1) is 18.6. The lowest BCUT2D eigenvalue weighted by Crippen LogP contribution is -2.10. The minimum Gasteiger partial charge on any atom is -0.493 e. The molecule has 7 nitrogen and oxygen atoms in total. The number of aliphatic imine (C=N–C) groups is 1. The second-order valence-electron chi connectivity index (χ2n) is 8.28. The Hall–Kier alpha value is -3.52. The Morgan fingerprint density at radius 3 is 1.79 bits per heavy atom. The zero-order valence-corrected chi connectivity index (χ0v) is 23.6. The second kappa shape index (κ2) is 12.8. The van der Waals surface area contributed by atoms with Crippen molar-refractivity contribution in [2.75, 3.05) is 40.6 Å². The third-order valence-electron chi connectivity index (χ3n) is 5.93. The van der Waals surface area contributed by atoms with Crippen LogP contribution < -0.4 is 28.4 Å². The monoisotopic (exact) mass is 537 g/mol. The number of fused-ring (bicyclic) bond motifs is 1. The Labute approximate surface area is 229 Å². The molecule has 8 heteroatoms. The van der Waals surface area contributed by atoms with E-state index in [-0.39, 0.29) is 5.25 Å². The second-order valence-corrected chi connectivity index (χ2v) is 9.37. The van der Waals surface area contributed by atoms with E-state index >= 15 is 0 Å². The molecule has 0 spiro atoms. The lowest BCUT2D eigenvalue weighted by molar-refractivity contribution is 0.287. The summed E-state index contributed by atoms with van der Waals surface area (Å²) in [5, 5.41) is 0.792. The fraction of sp³-hybridized carbons (Fsp3) is 0.367. The molecule has 0 radical (unpaired) electrons. The van der Waals surface area contributed by atoms with Crippen LogP contribution in [0.2, 0.25) is 0 Å². The number of methoxy groups -OCH3 is 2. The average Bonchev–Trinajstić information content (AvgIpc) is 2.94. The van der Waals surface area contributed by atoms with Gasteiger partial charge in [0.25, 0.3) is 0 Å². The van der Waals surface area contributed by atoms with Crippen molar-refractivity contribution in [2.45, 2.75) is 32.9 Å². The van der Waals surface area contributed by atoms with Gasteiger partial charge in [0, 0.05) is 11.6 Å². The van der Waals surface area contributed by atoms with Crippen molar-refractivity contribution in [2.24, 2.45) is 4.99 Å². The molecule has 0 amide bonds. The number of nitrogens with zero attached hydrogens (tertiary/aromatic N) is 1. The van der Waals surface area contributed by atoms with Crippen molar-refractivity contribution in [3.63, 3.8) is 0 Å². The lowest BCUT2D eigenvalue weighted by Gasteiger charge is -2.27. The molecular weight excluding hydrogens is 502 g/mol. The Kier molecular flexibility index (Phi) is 9.29. The first kappa shape index (κ1) is 27.5. The fourth-order valence-corrected chi connectivity index (χ4v) is 5.53. The summed E-state index contributed by atoms with van der Waals surface area (Å²) < 4.78 is 34.6. The summed E-state index contributed by atoms with van der Waals surface area (Å²) in [4.78, 5) is 5.05. The first-order valence-electron chi connectivity index (χ1n) is 12.9. The third-order valence-corrected chi connectivity index (χ3v) is 7.24. The Morgan fingerprint density at radius 2 is 1.18 bits per heavy atom. The molecule has 0 bridgehead atoms. The summed E-state index contributed by atoms with van der Waals surface area (Å²) in [7, 11) is 3.27. The Bertz CT molecular complexity index is 1290. The van der Waals surface area contributed by atoms with Crippen LogP contribution in [0.3, 0.4) is 0 Å². The molecule has 1 heterocycles. The summed E-state index contributed by atoms with van der Waals surface area (Å²) in [5.41, 5.74) is 3.86. The molecule has 3 aromatic rings. The van der Waals surface area contributed by atoms with Crippen LogP contribution in [-0.2, 0) is 0 Å². The van der Waals surface area contributed by atoms with Crippen molar-refractivity contribution in [1.29, 1.82) is 0 Å². The summed E-state index contributed by atoms with van der Waals surface area (Å²) >= 11 is 1.67. The molecule has 3 aromatic carbocycles. The van der Waals surface area contributed by atoms with E-state index in [1.807, 2.05) is 64.1 Å². The fourth-order valence-electron chi connectivity index (χ4n) is 4.30. The van der Waals surface area contributed by atoms with Crippen LogP contribution in [0.15, 0.2) is 53.5 Å². The van der Waals surface area contributed by atoms with E-state index in [4.69, 9.17) is 33.4 Å². The summed E-state index contributed by atoms with van der Waals surface area (Å²) in [5.74, 6) is 4.15. The van der Waals surface area contributed by atoms with E-state index in [9.17, 15) is 0 Å². The standard InChI is InChI=1S/C30H35NO6S/c1-7-34-23-13-11-19(15-27(23)36-9-3)29-21-17-25(32-5)26(33-6)18-22(21)31-30(38-29)20-12-14-24(35-8-2)28(16-20)37-10-4/h11-18,29H,7-10H2,1-6H3. The van der Waals surface area contributed by atoms with Gasteiger partial charge in [-0.05, 0) is 75.2 Å². The van der Waals surface area contributed by atoms with Gasteiger partial charge in [-0.3, -0.25) is 0 Å². The summed E-state index contributed by atoms with van der Waals surface area (Å²) in [6, 6.07) is 16.0. The molecule has 0 N–H and O–H groups in total. The molecule has 1 unspecified atom stereocenters. The van der Waals surface area contributed by atoms with Gasteiger partial charge in [-0.15, -0.1) is 0 Å². The zero-order valence-electron chi connectivity index (χ0n) is 22.8. The Balaban J connectivity index is 1.85. The zero-order chi connectivity index (χ0) is 27.1. The van der Waals surface area contributed by atoms with E-state index in [2.05, 4.69) is 12.1 Å². The molecule has 0 saturated heterocycles. The Morgan fingerprint density at radius 1 is 0.632 bits per heavy atom. The van der Waals surface area contributed by atoms with Crippen LogP contribution in [0.1, 0.15) is 49.6 Å². The van der Waals surface area contributed by atoms with Crippen LogP contribution in [0, 0.1) is 0 Å². The van der Waals surface area contributed by atoms with E-state index in [1.54, 1.807) is 26.0 Å². The van der Waals surface area contributed by atoms with Crippen LogP contribution in [0.4, 0.5) is 5.69 Å². The highest BCUT2D eigenvalue weighted by atomic mass is 32.2. The maximum Gasteiger partial charge on any atom is 0.162 e. The minimum absolute atomic E-state index is 0.0747. The highest BCUT2D eigenvalue weighted by molar-refractivity contribution is 8.14. The van der Waals surface area contributed by atoms with Gasteiger partial charge in [-0.2, -0.15) is 0 Å².